The van der Waals surface area contributed by atoms with Crippen molar-refractivity contribution < 1.29 is 9.90 Å². The first kappa shape index (κ1) is 17.4. The molecule has 1 unspecified atom stereocenters. The van der Waals surface area contributed by atoms with Gasteiger partial charge in [-0.25, -0.2) is 0 Å². The lowest BCUT2D eigenvalue weighted by Gasteiger charge is -2.14. The van der Waals surface area contributed by atoms with Gasteiger partial charge in [-0.15, -0.1) is 10.2 Å². The lowest BCUT2D eigenvalue weighted by atomic mass is 10.0. The van der Waals surface area contributed by atoms with Crippen molar-refractivity contribution in [3.8, 4) is 11.4 Å². The van der Waals surface area contributed by atoms with Gasteiger partial charge in [0.1, 0.15) is 6.54 Å². The number of nitrogens with zero attached hydrogens (tertiary/aromatic N) is 4. The molecule has 0 fully saturated rings. The Balaban J connectivity index is 1.84. The quantitative estimate of drug-likeness (QED) is 0.799. The number of aliphatic hydroxyl groups is 1. The second-order valence-electron chi connectivity index (χ2n) is 5.60. The van der Waals surface area contributed by atoms with Crippen LogP contribution in [0, 0.1) is 5.92 Å². The molecule has 7 nitrogen and oxygen atoms in total. The maximum Gasteiger partial charge on any atom is 0.243 e. The van der Waals surface area contributed by atoms with Gasteiger partial charge in [0.2, 0.25) is 11.7 Å². The first-order valence-electron chi connectivity index (χ1n) is 7.44. The number of aliphatic hydroxyl groups excluding tert-OH is 1. The van der Waals surface area contributed by atoms with Crippen LogP contribution in [0.5, 0.6) is 0 Å². The molecule has 8 heteroatoms. The van der Waals surface area contributed by atoms with E-state index in [9.17, 15) is 9.90 Å². The van der Waals surface area contributed by atoms with Crippen LogP contribution in [0.3, 0.4) is 0 Å². The molecule has 0 spiro atoms. The molecule has 2 aromatic rings. The highest BCUT2D eigenvalue weighted by Crippen LogP contribution is 2.16. The Kier molecular flexibility index (Phi) is 6.06. The largest absolute Gasteiger partial charge is 0.393 e. The molecule has 0 radical (unpaired) electrons. The van der Waals surface area contributed by atoms with E-state index in [1.165, 1.54) is 4.80 Å². The van der Waals surface area contributed by atoms with Crippen LogP contribution in [0.25, 0.3) is 11.4 Å². The summed E-state index contributed by atoms with van der Waals surface area (Å²) in [7, 11) is 0. The molecular weight excluding hydrogens is 318 g/mol. The van der Waals surface area contributed by atoms with Gasteiger partial charge in [0.05, 0.1) is 6.10 Å². The zero-order chi connectivity index (χ0) is 16.8. The molecule has 2 rings (SSSR count). The molecular formula is C15H20ClN5O2. The molecule has 1 amide bonds. The summed E-state index contributed by atoms with van der Waals surface area (Å²) in [4.78, 5) is 13.0. The van der Waals surface area contributed by atoms with Crippen LogP contribution in [0.1, 0.15) is 20.3 Å². The van der Waals surface area contributed by atoms with Gasteiger partial charge in [0.25, 0.3) is 0 Å². The lowest BCUT2D eigenvalue weighted by Crippen LogP contribution is -2.31. The van der Waals surface area contributed by atoms with E-state index in [-0.39, 0.29) is 18.4 Å². The van der Waals surface area contributed by atoms with Gasteiger partial charge in [-0.1, -0.05) is 25.4 Å². The fourth-order valence-electron chi connectivity index (χ4n) is 1.90. The number of halogens is 1. The molecule has 0 aliphatic heterocycles. The van der Waals surface area contributed by atoms with Gasteiger partial charge in [0, 0.05) is 17.1 Å². The van der Waals surface area contributed by atoms with Crippen molar-refractivity contribution in [2.75, 3.05) is 6.54 Å². The van der Waals surface area contributed by atoms with Crippen LogP contribution in [-0.2, 0) is 11.3 Å². The van der Waals surface area contributed by atoms with Crippen LogP contribution in [0.2, 0.25) is 5.02 Å². The first-order chi connectivity index (χ1) is 11.0. The number of nitrogens with one attached hydrogen (secondary N) is 1. The summed E-state index contributed by atoms with van der Waals surface area (Å²) in [6.45, 7) is 4.27. The topological polar surface area (TPSA) is 92.9 Å². The monoisotopic (exact) mass is 337 g/mol. The third-order valence-electron chi connectivity index (χ3n) is 3.37. The molecule has 1 atom stereocenters. The molecule has 0 saturated heterocycles. The number of tetrazole rings is 1. The van der Waals surface area contributed by atoms with Gasteiger partial charge < -0.3 is 10.4 Å². The fourth-order valence-corrected chi connectivity index (χ4v) is 2.03. The summed E-state index contributed by atoms with van der Waals surface area (Å²) in [6, 6.07) is 7.06. The van der Waals surface area contributed by atoms with E-state index in [4.69, 9.17) is 11.6 Å². The van der Waals surface area contributed by atoms with Crippen molar-refractivity contribution in [3.05, 3.63) is 29.3 Å². The molecule has 1 aromatic carbocycles. The number of hydrogen-bond acceptors (Lipinski definition) is 5. The minimum absolute atomic E-state index is 0.0155. The van der Waals surface area contributed by atoms with E-state index in [2.05, 4.69) is 20.7 Å². The SMILES string of the molecule is CC(C)C(O)CCNC(=O)Cn1nnc(-c2ccc(Cl)cc2)n1. The van der Waals surface area contributed by atoms with Gasteiger partial charge in [0.15, 0.2) is 0 Å². The lowest BCUT2D eigenvalue weighted by molar-refractivity contribution is -0.122. The number of amides is 1. The summed E-state index contributed by atoms with van der Waals surface area (Å²) >= 11 is 5.83. The molecule has 0 saturated carbocycles. The Labute approximate surface area is 139 Å². The van der Waals surface area contributed by atoms with Crippen molar-refractivity contribution in [1.29, 1.82) is 0 Å². The molecule has 23 heavy (non-hydrogen) atoms. The van der Waals surface area contributed by atoms with Crippen molar-refractivity contribution in [3.63, 3.8) is 0 Å². The highest BCUT2D eigenvalue weighted by atomic mass is 35.5. The standard InChI is InChI=1S/C15H20ClN5O2/c1-10(2)13(22)7-8-17-14(23)9-21-19-15(18-20-21)11-3-5-12(16)6-4-11/h3-6,10,13,22H,7-9H2,1-2H3,(H,17,23). The third kappa shape index (κ3) is 5.30. The summed E-state index contributed by atoms with van der Waals surface area (Å²) in [6.07, 6.45) is 0.0980. The summed E-state index contributed by atoms with van der Waals surface area (Å²) in [5.41, 5.74) is 0.779. The van der Waals surface area contributed by atoms with E-state index < -0.39 is 6.10 Å². The number of aromatic nitrogens is 4. The summed E-state index contributed by atoms with van der Waals surface area (Å²) < 4.78 is 0. The second-order valence-corrected chi connectivity index (χ2v) is 6.04. The van der Waals surface area contributed by atoms with Crippen molar-refractivity contribution >= 4 is 17.5 Å². The number of carbonyl (C=O) groups is 1. The van der Waals surface area contributed by atoms with Gasteiger partial charge in [-0.3, -0.25) is 4.79 Å². The second kappa shape index (κ2) is 8.03. The zero-order valence-corrected chi connectivity index (χ0v) is 13.9. The van der Waals surface area contributed by atoms with E-state index in [0.29, 0.717) is 23.8 Å². The Morgan fingerprint density at radius 1 is 1.35 bits per heavy atom. The smallest absolute Gasteiger partial charge is 0.243 e. The van der Waals surface area contributed by atoms with Crippen LogP contribution >= 0.6 is 11.6 Å². The Hall–Kier alpha value is -1.99. The molecule has 124 valence electrons. The van der Waals surface area contributed by atoms with Crippen molar-refractivity contribution in [1.82, 2.24) is 25.5 Å². The third-order valence-corrected chi connectivity index (χ3v) is 3.62. The van der Waals surface area contributed by atoms with Crippen molar-refractivity contribution in [2.45, 2.75) is 32.9 Å². The predicted octanol–water partition coefficient (Wildman–Crippen LogP) is 1.52. The molecule has 0 aliphatic rings. The fraction of sp³-hybridized carbons (Fsp3) is 0.467. The Morgan fingerprint density at radius 3 is 2.70 bits per heavy atom. The van der Waals surface area contributed by atoms with E-state index in [0.717, 1.165) is 5.56 Å². The van der Waals surface area contributed by atoms with E-state index in [1.807, 2.05) is 13.8 Å². The number of rotatable bonds is 7. The number of hydrogen-bond donors (Lipinski definition) is 2. The van der Waals surface area contributed by atoms with Crippen LogP contribution in [-0.4, -0.2) is 43.9 Å². The molecule has 0 bridgehead atoms. The van der Waals surface area contributed by atoms with Crippen molar-refractivity contribution in [2.24, 2.45) is 5.92 Å². The highest BCUT2D eigenvalue weighted by molar-refractivity contribution is 6.30. The predicted molar refractivity (Wildman–Crippen MR) is 86.7 cm³/mol. The normalized spacial score (nSPS) is 12.4. The average molecular weight is 338 g/mol. The van der Waals surface area contributed by atoms with E-state index >= 15 is 0 Å². The average Bonchev–Trinajstić information content (AvgIpc) is 2.96. The van der Waals surface area contributed by atoms with E-state index in [1.54, 1.807) is 24.3 Å². The van der Waals surface area contributed by atoms with Crippen LogP contribution in [0.4, 0.5) is 0 Å². The molecule has 1 aromatic heterocycles. The van der Waals surface area contributed by atoms with Gasteiger partial charge in [-0.2, -0.15) is 4.80 Å². The minimum Gasteiger partial charge on any atom is -0.393 e. The molecule has 1 heterocycles. The van der Waals surface area contributed by atoms with Gasteiger partial charge in [-0.05, 0) is 41.8 Å². The molecule has 0 aliphatic carbocycles. The van der Waals surface area contributed by atoms with Crippen LogP contribution in [0.15, 0.2) is 24.3 Å². The zero-order valence-electron chi connectivity index (χ0n) is 13.1. The maximum absolute atomic E-state index is 11.8. The Bertz CT molecular complexity index is 642. The van der Waals surface area contributed by atoms with Gasteiger partial charge >= 0.3 is 0 Å². The Morgan fingerprint density at radius 2 is 2.04 bits per heavy atom. The highest BCUT2D eigenvalue weighted by Gasteiger charge is 2.11. The summed E-state index contributed by atoms with van der Waals surface area (Å²) in [5.74, 6) is 0.386. The van der Waals surface area contributed by atoms with Crippen LogP contribution < -0.4 is 5.32 Å². The molecule has 2 N–H and O–H groups in total. The minimum atomic E-state index is -0.420. The summed E-state index contributed by atoms with van der Waals surface area (Å²) in [5, 5.41) is 25.0. The number of benzene rings is 1. The number of carbonyl (C=O) groups excluding carboxylic acids is 1. The first-order valence-corrected chi connectivity index (χ1v) is 7.82. The maximum atomic E-state index is 11.8.